The van der Waals surface area contributed by atoms with E-state index in [1.165, 1.54) is 24.8 Å². The Kier molecular flexibility index (Phi) is 5.02. The van der Waals surface area contributed by atoms with Crippen molar-refractivity contribution in [3.05, 3.63) is 35.9 Å². The molecule has 0 amide bonds. The van der Waals surface area contributed by atoms with Crippen LogP contribution in [0.15, 0.2) is 30.3 Å². The minimum absolute atomic E-state index is 0.718. The Morgan fingerprint density at radius 1 is 1.29 bits per heavy atom. The first-order chi connectivity index (χ1) is 8.40. The maximum absolute atomic E-state index is 5.65. The van der Waals surface area contributed by atoms with Crippen LogP contribution in [0.2, 0.25) is 0 Å². The molecule has 0 bridgehead atoms. The molecule has 0 spiro atoms. The number of hydrogen-bond donors (Lipinski definition) is 1. The summed E-state index contributed by atoms with van der Waals surface area (Å²) in [5.41, 5.74) is 1.25. The van der Waals surface area contributed by atoms with Gasteiger partial charge in [-0.2, -0.15) is 0 Å². The highest BCUT2D eigenvalue weighted by Gasteiger charge is 2.29. The summed E-state index contributed by atoms with van der Waals surface area (Å²) >= 11 is 0. The van der Waals surface area contributed by atoms with Crippen LogP contribution in [0.3, 0.4) is 0 Å². The molecule has 1 unspecified atom stereocenters. The Bertz CT molecular complexity index is 308. The van der Waals surface area contributed by atoms with Crippen LogP contribution >= 0.6 is 0 Å². The molecule has 1 N–H and O–H groups in total. The van der Waals surface area contributed by atoms with Crippen molar-refractivity contribution >= 4 is 0 Å². The highest BCUT2D eigenvalue weighted by molar-refractivity contribution is 5.13. The number of benzene rings is 1. The van der Waals surface area contributed by atoms with E-state index in [-0.39, 0.29) is 0 Å². The van der Waals surface area contributed by atoms with E-state index in [4.69, 9.17) is 4.74 Å². The Labute approximate surface area is 104 Å². The topological polar surface area (TPSA) is 21.3 Å². The normalized spacial score (nSPS) is 17.0. The monoisotopic (exact) mass is 233 g/mol. The van der Waals surface area contributed by atoms with Crippen LogP contribution in [-0.2, 0) is 11.3 Å². The van der Waals surface area contributed by atoms with Gasteiger partial charge >= 0.3 is 0 Å². The van der Waals surface area contributed by atoms with E-state index in [9.17, 15) is 0 Å². The fourth-order valence-electron chi connectivity index (χ4n) is 2.22. The van der Waals surface area contributed by atoms with Gasteiger partial charge in [0.1, 0.15) is 0 Å². The fourth-order valence-corrected chi connectivity index (χ4v) is 2.22. The maximum Gasteiger partial charge on any atom is 0.0717 e. The van der Waals surface area contributed by atoms with E-state index in [0.717, 1.165) is 31.7 Å². The molecule has 2 rings (SSSR count). The van der Waals surface area contributed by atoms with E-state index >= 15 is 0 Å². The van der Waals surface area contributed by atoms with E-state index in [2.05, 4.69) is 36.5 Å². The van der Waals surface area contributed by atoms with Crippen molar-refractivity contribution in [2.45, 2.75) is 38.8 Å². The Morgan fingerprint density at radius 3 is 2.71 bits per heavy atom. The molecule has 1 atom stereocenters. The molecular weight excluding hydrogens is 210 g/mol. The molecule has 1 aromatic rings. The third kappa shape index (κ3) is 4.49. The first-order valence-corrected chi connectivity index (χ1v) is 6.75. The minimum atomic E-state index is 0.718. The van der Waals surface area contributed by atoms with Gasteiger partial charge in [0.05, 0.1) is 13.2 Å². The van der Waals surface area contributed by atoms with Crippen molar-refractivity contribution in [2.75, 3.05) is 13.2 Å². The zero-order chi connectivity index (χ0) is 11.9. The van der Waals surface area contributed by atoms with Crippen molar-refractivity contribution in [1.29, 1.82) is 0 Å². The van der Waals surface area contributed by atoms with Crippen LogP contribution in [0.1, 0.15) is 31.7 Å². The largest absolute Gasteiger partial charge is 0.375 e. The van der Waals surface area contributed by atoms with Crippen LogP contribution in [0.25, 0.3) is 0 Å². The highest BCUT2D eigenvalue weighted by atomic mass is 16.5. The average Bonchev–Trinajstić information content (AvgIpc) is 3.19. The predicted molar refractivity (Wildman–Crippen MR) is 70.9 cm³/mol. The quantitative estimate of drug-likeness (QED) is 0.697. The van der Waals surface area contributed by atoms with Crippen LogP contribution < -0.4 is 5.32 Å². The SMILES string of the molecule is CCC(NCCOCc1ccccc1)C1CC1. The number of hydrogen-bond acceptors (Lipinski definition) is 2. The Hall–Kier alpha value is -0.860. The summed E-state index contributed by atoms with van der Waals surface area (Å²) in [7, 11) is 0. The smallest absolute Gasteiger partial charge is 0.0717 e. The minimum Gasteiger partial charge on any atom is -0.375 e. The van der Waals surface area contributed by atoms with Crippen LogP contribution in [0, 0.1) is 5.92 Å². The fraction of sp³-hybridized carbons (Fsp3) is 0.600. The first-order valence-electron chi connectivity index (χ1n) is 6.75. The van der Waals surface area contributed by atoms with Gasteiger partial charge < -0.3 is 10.1 Å². The zero-order valence-electron chi connectivity index (χ0n) is 10.7. The van der Waals surface area contributed by atoms with Gasteiger partial charge in [-0.25, -0.2) is 0 Å². The van der Waals surface area contributed by atoms with E-state index in [1.807, 2.05) is 6.07 Å². The molecule has 1 aromatic carbocycles. The molecule has 17 heavy (non-hydrogen) atoms. The van der Waals surface area contributed by atoms with Gasteiger partial charge in [0.15, 0.2) is 0 Å². The summed E-state index contributed by atoms with van der Waals surface area (Å²) in [5.74, 6) is 0.939. The van der Waals surface area contributed by atoms with Crippen molar-refractivity contribution < 1.29 is 4.74 Å². The summed E-state index contributed by atoms with van der Waals surface area (Å²) < 4.78 is 5.65. The highest BCUT2D eigenvalue weighted by Crippen LogP contribution is 2.33. The van der Waals surface area contributed by atoms with Crippen molar-refractivity contribution in [3.8, 4) is 0 Å². The van der Waals surface area contributed by atoms with E-state index < -0.39 is 0 Å². The lowest BCUT2D eigenvalue weighted by molar-refractivity contribution is 0.120. The first kappa shape index (κ1) is 12.6. The summed E-state index contributed by atoms with van der Waals surface area (Å²) in [6.07, 6.45) is 4.07. The molecule has 1 saturated carbocycles. The Morgan fingerprint density at radius 2 is 2.06 bits per heavy atom. The lowest BCUT2D eigenvalue weighted by Crippen LogP contribution is -2.33. The van der Waals surface area contributed by atoms with Crippen LogP contribution in [0.4, 0.5) is 0 Å². The van der Waals surface area contributed by atoms with Gasteiger partial charge in [-0.15, -0.1) is 0 Å². The van der Waals surface area contributed by atoms with E-state index in [0.29, 0.717) is 0 Å². The second kappa shape index (κ2) is 6.77. The third-order valence-corrected chi connectivity index (χ3v) is 3.40. The van der Waals surface area contributed by atoms with Gasteiger partial charge in [0.2, 0.25) is 0 Å². The molecule has 0 heterocycles. The number of ether oxygens (including phenoxy) is 1. The molecule has 1 fully saturated rings. The summed E-state index contributed by atoms with van der Waals surface area (Å²) in [4.78, 5) is 0. The van der Waals surface area contributed by atoms with Crippen molar-refractivity contribution in [3.63, 3.8) is 0 Å². The van der Waals surface area contributed by atoms with Gasteiger partial charge in [0, 0.05) is 12.6 Å². The molecular formula is C15H23NO. The molecule has 1 aliphatic rings. The van der Waals surface area contributed by atoms with Crippen molar-refractivity contribution in [1.82, 2.24) is 5.32 Å². The second-order valence-electron chi connectivity index (χ2n) is 4.84. The molecule has 94 valence electrons. The Balaban J connectivity index is 1.54. The van der Waals surface area contributed by atoms with Crippen LogP contribution in [-0.4, -0.2) is 19.2 Å². The molecule has 2 heteroatoms. The lowest BCUT2D eigenvalue weighted by atomic mass is 10.1. The molecule has 1 aliphatic carbocycles. The number of rotatable bonds is 8. The maximum atomic E-state index is 5.65. The predicted octanol–water partition coefficient (Wildman–Crippen LogP) is 2.98. The van der Waals surface area contributed by atoms with Gasteiger partial charge in [-0.1, -0.05) is 37.3 Å². The summed E-state index contributed by atoms with van der Waals surface area (Å²) in [5, 5.41) is 3.59. The average molecular weight is 233 g/mol. The summed E-state index contributed by atoms with van der Waals surface area (Å²) in [6.45, 7) is 4.77. The molecule has 0 aromatic heterocycles. The van der Waals surface area contributed by atoms with Gasteiger partial charge in [-0.05, 0) is 30.7 Å². The molecule has 0 radical (unpaired) electrons. The van der Waals surface area contributed by atoms with Gasteiger partial charge in [-0.3, -0.25) is 0 Å². The van der Waals surface area contributed by atoms with E-state index in [1.54, 1.807) is 0 Å². The van der Waals surface area contributed by atoms with Gasteiger partial charge in [0.25, 0.3) is 0 Å². The van der Waals surface area contributed by atoms with Crippen LogP contribution in [0.5, 0.6) is 0 Å². The standard InChI is InChI=1S/C15H23NO/c1-2-15(14-8-9-14)16-10-11-17-12-13-6-4-3-5-7-13/h3-7,14-16H,2,8-12H2,1H3. The van der Waals surface area contributed by atoms with Crippen molar-refractivity contribution in [2.24, 2.45) is 5.92 Å². The lowest BCUT2D eigenvalue weighted by Gasteiger charge is -2.15. The second-order valence-corrected chi connectivity index (χ2v) is 4.84. The number of nitrogens with one attached hydrogen (secondary N) is 1. The molecule has 0 saturated heterocycles. The summed E-state index contributed by atoms with van der Waals surface area (Å²) in [6, 6.07) is 11.1. The molecule has 0 aliphatic heterocycles. The molecule has 2 nitrogen and oxygen atoms in total. The third-order valence-electron chi connectivity index (χ3n) is 3.40. The zero-order valence-corrected chi connectivity index (χ0v) is 10.7.